The van der Waals surface area contributed by atoms with E-state index in [9.17, 15) is 0 Å². The third-order valence-corrected chi connectivity index (χ3v) is 2.77. The number of nitriles is 1. The summed E-state index contributed by atoms with van der Waals surface area (Å²) in [4.78, 5) is 0. The Labute approximate surface area is 94.3 Å². The molecule has 0 saturated heterocycles. The minimum atomic E-state index is -0.156. The summed E-state index contributed by atoms with van der Waals surface area (Å²) in [6, 6.07) is 8.00. The zero-order chi connectivity index (χ0) is 10.6. The molecular weight excluding hydrogens is 217 g/mol. The van der Waals surface area contributed by atoms with E-state index >= 15 is 0 Å². The monoisotopic (exact) mass is 227 g/mol. The molecule has 1 atom stereocenters. The number of halogens is 2. The Morgan fingerprint density at radius 2 is 2.21 bits per heavy atom. The van der Waals surface area contributed by atoms with Gasteiger partial charge in [-0.3, -0.25) is 0 Å². The Hall–Kier alpha value is -0.710. The first-order valence-corrected chi connectivity index (χ1v) is 5.29. The summed E-state index contributed by atoms with van der Waals surface area (Å²) in [5, 5.41) is 9.47. The van der Waals surface area contributed by atoms with E-state index in [-0.39, 0.29) is 5.92 Å². The molecule has 14 heavy (non-hydrogen) atoms. The number of hydrogen-bond donors (Lipinski definition) is 0. The summed E-state index contributed by atoms with van der Waals surface area (Å²) in [6.45, 7) is 1.99. The molecule has 0 saturated carbocycles. The maximum absolute atomic E-state index is 8.76. The molecule has 0 aliphatic carbocycles. The van der Waals surface area contributed by atoms with E-state index < -0.39 is 0 Å². The highest BCUT2D eigenvalue weighted by Gasteiger charge is 2.09. The van der Waals surface area contributed by atoms with Gasteiger partial charge in [0.1, 0.15) is 0 Å². The molecule has 1 nitrogen and oxygen atoms in total. The van der Waals surface area contributed by atoms with Crippen LogP contribution >= 0.6 is 23.2 Å². The molecule has 1 aromatic rings. The van der Waals surface area contributed by atoms with Gasteiger partial charge in [-0.2, -0.15) is 5.26 Å². The van der Waals surface area contributed by atoms with Crippen LogP contribution in [0.15, 0.2) is 18.2 Å². The van der Waals surface area contributed by atoms with Crippen LogP contribution in [-0.2, 0) is 6.42 Å². The number of aryl methyl sites for hydroxylation is 1. The fraction of sp³-hybridized carbons (Fsp3) is 0.364. The van der Waals surface area contributed by atoms with Gasteiger partial charge in [-0.15, -0.1) is 11.6 Å². The van der Waals surface area contributed by atoms with Crippen LogP contribution < -0.4 is 0 Å². The molecule has 0 aliphatic heterocycles. The third-order valence-electron chi connectivity index (χ3n) is 2.04. The lowest BCUT2D eigenvalue weighted by Crippen LogP contribution is -2.03. The number of rotatable bonds is 3. The van der Waals surface area contributed by atoms with Gasteiger partial charge >= 0.3 is 0 Å². The van der Waals surface area contributed by atoms with Crippen LogP contribution in [0.5, 0.6) is 0 Å². The Morgan fingerprint density at radius 3 is 2.71 bits per heavy atom. The second kappa shape index (κ2) is 5.24. The first-order valence-electron chi connectivity index (χ1n) is 4.38. The lowest BCUT2D eigenvalue weighted by Gasteiger charge is -2.07. The van der Waals surface area contributed by atoms with Crippen LogP contribution in [-0.4, -0.2) is 5.88 Å². The van der Waals surface area contributed by atoms with Gasteiger partial charge in [0, 0.05) is 10.9 Å². The summed E-state index contributed by atoms with van der Waals surface area (Å²) >= 11 is 11.7. The molecule has 0 bridgehead atoms. The minimum Gasteiger partial charge on any atom is -0.198 e. The highest BCUT2D eigenvalue weighted by Crippen LogP contribution is 2.21. The molecule has 0 radical (unpaired) electrons. The van der Waals surface area contributed by atoms with Gasteiger partial charge in [0.2, 0.25) is 0 Å². The average Bonchev–Trinajstić information content (AvgIpc) is 2.17. The summed E-state index contributed by atoms with van der Waals surface area (Å²) in [5.74, 6) is 0.192. The van der Waals surface area contributed by atoms with Crippen molar-refractivity contribution in [2.24, 2.45) is 5.92 Å². The van der Waals surface area contributed by atoms with Crippen LogP contribution in [0.3, 0.4) is 0 Å². The van der Waals surface area contributed by atoms with Crippen molar-refractivity contribution in [1.29, 1.82) is 5.26 Å². The fourth-order valence-electron chi connectivity index (χ4n) is 1.22. The predicted molar refractivity (Wildman–Crippen MR) is 59.7 cm³/mol. The molecule has 1 aromatic carbocycles. The normalized spacial score (nSPS) is 12.1. The minimum absolute atomic E-state index is 0.156. The van der Waals surface area contributed by atoms with Gasteiger partial charge < -0.3 is 0 Å². The summed E-state index contributed by atoms with van der Waals surface area (Å²) in [6.07, 6.45) is 0.624. The first-order chi connectivity index (χ1) is 6.67. The summed E-state index contributed by atoms with van der Waals surface area (Å²) in [5.41, 5.74) is 2.11. The maximum atomic E-state index is 8.76. The molecule has 1 rings (SSSR count). The Kier molecular flexibility index (Phi) is 4.25. The topological polar surface area (TPSA) is 23.8 Å². The largest absolute Gasteiger partial charge is 0.198 e. The SMILES string of the molecule is Cc1ccc(CC(C#N)CCl)c(Cl)c1. The highest BCUT2D eigenvalue weighted by molar-refractivity contribution is 6.31. The zero-order valence-electron chi connectivity index (χ0n) is 7.93. The van der Waals surface area contributed by atoms with E-state index in [1.807, 2.05) is 25.1 Å². The van der Waals surface area contributed by atoms with Gasteiger partial charge in [-0.05, 0) is 30.5 Å². The zero-order valence-corrected chi connectivity index (χ0v) is 9.44. The fourth-order valence-corrected chi connectivity index (χ4v) is 1.71. The van der Waals surface area contributed by atoms with E-state index in [1.54, 1.807) is 0 Å². The van der Waals surface area contributed by atoms with Crippen molar-refractivity contribution < 1.29 is 0 Å². The van der Waals surface area contributed by atoms with E-state index in [0.29, 0.717) is 12.3 Å². The van der Waals surface area contributed by atoms with Crippen molar-refractivity contribution in [3.05, 3.63) is 34.3 Å². The smallest absolute Gasteiger partial charge is 0.0671 e. The van der Waals surface area contributed by atoms with E-state index in [0.717, 1.165) is 16.1 Å². The second-order valence-corrected chi connectivity index (χ2v) is 4.00. The van der Waals surface area contributed by atoms with Crippen molar-refractivity contribution in [3.63, 3.8) is 0 Å². The first kappa shape index (κ1) is 11.4. The average molecular weight is 228 g/mol. The molecule has 0 spiro atoms. The van der Waals surface area contributed by atoms with Crippen LogP contribution in [0, 0.1) is 24.2 Å². The lowest BCUT2D eigenvalue weighted by atomic mass is 10.0. The summed E-state index contributed by atoms with van der Waals surface area (Å²) in [7, 11) is 0. The number of alkyl halides is 1. The second-order valence-electron chi connectivity index (χ2n) is 3.28. The summed E-state index contributed by atoms with van der Waals surface area (Å²) < 4.78 is 0. The maximum Gasteiger partial charge on any atom is 0.0671 e. The molecular formula is C11H11Cl2N. The third kappa shape index (κ3) is 2.90. The molecule has 1 unspecified atom stereocenters. The van der Waals surface area contributed by atoms with Gasteiger partial charge in [0.15, 0.2) is 0 Å². The van der Waals surface area contributed by atoms with Crippen molar-refractivity contribution in [3.8, 4) is 6.07 Å². The molecule has 0 heterocycles. The Morgan fingerprint density at radius 1 is 1.50 bits per heavy atom. The molecule has 3 heteroatoms. The lowest BCUT2D eigenvalue weighted by molar-refractivity contribution is 0.746. The predicted octanol–water partition coefficient (Wildman–Crippen LogP) is 3.57. The van der Waals surface area contributed by atoms with E-state index in [2.05, 4.69) is 6.07 Å². The van der Waals surface area contributed by atoms with Gasteiger partial charge in [0.05, 0.1) is 12.0 Å². The van der Waals surface area contributed by atoms with Crippen molar-refractivity contribution in [2.45, 2.75) is 13.3 Å². The Bertz CT molecular complexity index is 355. The van der Waals surface area contributed by atoms with Crippen molar-refractivity contribution in [1.82, 2.24) is 0 Å². The van der Waals surface area contributed by atoms with Crippen molar-refractivity contribution in [2.75, 3.05) is 5.88 Å². The van der Waals surface area contributed by atoms with Crippen LogP contribution in [0.1, 0.15) is 11.1 Å². The van der Waals surface area contributed by atoms with Crippen LogP contribution in [0.25, 0.3) is 0 Å². The molecule has 0 aliphatic rings. The molecule has 0 N–H and O–H groups in total. The molecule has 0 fully saturated rings. The standard InChI is InChI=1S/C11H11Cl2N/c1-8-2-3-10(11(13)4-8)5-9(6-12)7-14/h2-4,9H,5-6H2,1H3. The number of nitrogens with zero attached hydrogens (tertiary/aromatic N) is 1. The quantitative estimate of drug-likeness (QED) is 0.725. The number of benzene rings is 1. The molecule has 0 aromatic heterocycles. The van der Waals surface area contributed by atoms with Crippen LogP contribution in [0.4, 0.5) is 0 Å². The van der Waals surface area contributed by atoms with E-state index in [1.165, 1.54) is 0 Å². The van der Waals surface area contributed by atoms with Gasteiger partial charge in [-0.25, -0.2) is 0 Å². The van der Waals surface area contributed by atoms with Gasteiger partial charge in [-0.1, -0.05) is 23.7 Å². The van der Waals surface area contributed by atoms with Crippen LogP contribution in [0.2, 0.25) is 5.02 Å². The highest BCUT2D eigenvalue weighted by atomic mass is 35.5. The van der Waals surface area contributed by atoms with Crippen molar-refractivity contribution >= 4 is 23.2 Å². The molecule has 74 valence electrons. The van der Waals surface area contributed by atoms with E-state index in [4.69, 9.17) is 28.5 Å². The van der Waals surface area contributed by atoms with Gasteiger partial charge in [0.25, 0.3) is 0 Å². The Balaban J connectivity index is 2.82. The number of hydrogen-bond acceptors (Lipinski definition) is 1. The molecule has 0 amide bonds.